The van der Waals surface area contributed by atoms with Gasteiger partial charge in [0.1, 0.15) is 5.82 Å². The Bertz CT molecular complexity index is 481. The van der Waals surface area contributed by atoms with Gasteiger partial charge in [0.2, 0.25) is 5.91 Å². The third-order valence-electron chi connectivity index (χ3n) is 3.65. The third kappa shape index (κ3) is 4.03. The molecule has 1 fully saturated rings. The van der Waals surface area contributed by atoms with Crippen molar-refractivity contribution in [2.75, 3.05) is 19.6 Å². The van der Waals surface area contributed by atoms with Crippen LogP contribution in [0.3, 0.4) is 0 Å². The summed E-state index contributed by atoms with van der Waals surface area (Å²) in [7, 11) is 0. The van der Waals surface area contributed by atoms with Crippen LogP contribution in [0.15, 0.2) is 22.7 Å². The number of nitrogens with zero attached hydrogens (tertiary/aromatic N) is 1. The molecule has 1 aromatic rings. The lowest BCUT2D eigenvalue weighted by atomic mass is 10.1. The molecule has 110 valence electrons. The minimum atomic E-state index is -0.192. The maximum atomic E-state index is 13.7. The lowest BCUT2D eigenvalue weighted by Crippen LogP contribution is -2.29. The highest BCUT2D eigenvalue weighted by molar-refractivity contribution is 9.10. The van der Waals surface area contributed by atoms with Crippen molar-refractivity contribution in [3.63, 3.8) is 0 Å². The van der Waals surface area contributed by atoms with Crippen molar-refractivity contribution in [2.24, 2.45) is 0 Å². The lowest BCUT2D eigenvalue weighted by molar-refractivity contribution is -0.127. The largest absolute Gasteiger partial charge is 0.343 e. The summed E-state index contributed by atoms with van der Waals surface area (Å²) in [6.45, 7) is 4.40. The SMILES string of the molecule is C[C@H](NCCCN1CCCC1=O)c1cc(Br)ccc1F. The van der Waals surface area contributed by atoms with Crippen molar-refractivity contribution in [3.05, 3.63) is 34.1 Å². The van der Waals surface area contributed by atoms with Crippen LogP contribution in [0.25, 0.3) is 0 Å². The Morgan fingerprint density at radius 2 is 2.30 bits per heavy atom. The van der Waals surface area contributed by atoms with Gasteiger partial charge in [0.25, 0.3) is 0 Å². The van der Waals surface area contributed by atoms with Crippen molar-refractivity contribution in [2.45, 2.75) is 32.2 Å². The average Bonchev–Trinajstić information content (AvgIpc) is 2.83. The zero-order valence-corrected chi connectivity index (χ0v) is 13.2. The normalized spacial score (nSPS) is 16.8. The quantitative estimate of drug-likeness (QED) is 0.805. The van der Waals surface area contributed by atoms with E-state index < -0.39 is 0 Å². The van der Waals surface area contributed by atoms with Crippen LogP contribution in [0.2, 0.25) is 0 Å². The molecule has 1 atom stereocenters. The minimum Gasteiger partial charge on any atom is -0.343 e. The van der Waals surface area contributed by atoms with Crippen LogP contribution in [-0.4, -0.2) is 30.4 Å². The molecule has 5 heteroatoms. The van der Waals surface area contributed by atoms with Crippen LogP contribution in [0.5, 0.6) is 0 Å². The summed E-state index contributed by atoms with van der Waals surface area (Å²) < 4.78 is 14.6. The van der Waals surface area contributed by atoms with Gasteiger partial charge in [0.05, 0.1) is 0 Å². The van der Waals surface area contributed by atoms with Crippen molar-refractivity contribution >= 4 is 21.8 Å². The number of hydrogen-bond donors (Lipinski definition) is 1. The summed E-state index contributed by atoms with van der Waals surface area (Å²) in [5, 5.41) is 3.31. The predicted molar refractivity (Wildman–Crippen MR) is 80.9 cm³/mol. The Morgan fingerprint density at radius 3 is 3.00 bits per heavy atom. The highest BCUT2D eigenvalue weighted by atomic mass is 79.9. The van der Waals surface area contributed by atoms with Crippen molar-refractivity contribution < 1.29 is 9.18 Å². The number of benzene rings is 1. The van der Waals surface area contributed by atoms with E-state index in [-0.39, 0.29) is 17.8 Å². The van der Waals surface area contributed by atoms with Crippen LogP contribution in [0, 0.1) is 5.82 Å². The molecular weight excluding hydrogens is 323 g/mol. The molecule has 0 unspecified atom stereocenters. The zero-order chi connectivity index (χ0) is 14.5. The Labute approximate surface area is 127 Å². The van der Waals surface area contributed by atoms with E-state index in [0.29, 0.717) is 12.0 Å². The number of hydrogen-bond acceptors (Lipinski definition) is 2. The topological polar surface area (TPSA) is 32.3 Å². The second kappa shape index (κ2) is 7.18. The first kappa shape index (κ1) is 15.4. The first-order valence-electron chi connectivity index (χ1n) is 7.04. The molecule has 0 radical (unpaired) electrons. The summed E-state index contributed by atoms with van der Waals surface area (Å²) in [6, 6.07) is 4.93. The Balaban J connectivity index is 1.76. The van der Waals surface area contributed by atoms with Gasteiger partial charge in [0.15, 0.2) is 0 Å². The van der Waals surface area contributed by atoms with Crippen LogP contribution in [0.1, 0.15) is 37.8 Å². The Kier molecular flexibility index (Phi) is 5.54. The van der Waals surface area contributed by atoms with E-state index in [9.17, 15) is 9.18 Å². The molecule has 3 nitrogen and oxygen atoms in total. The lowest BCUT2D eigenvalue weighted by Gasteiger charge is -2.18. The van der Waals surface area contributed by atoms with Crippen LogP contribution < -0.4 is 5.32 Å². The molecule has 20 heavy (non-hydrogen) atoms. The number of carbonyl (C=O) groups excluding carboxylic acids is 1. The second-order valence-electron chi connectivity index (χ2n) is 5.18. The Hall–Kier alpha value is -0.940. The molecule has 1 aliphatic heterocycles. The van der Waals surface area contributed by atoms with E-state index in [4.69, 9.17) is 0 Å². The van der Waals surface area contributed by atoms with Crippen molar-refractivity contribution in [1.82, 2.24) is 10.2 Å². The van der Waals surface area contributed by atoms with Crippen molar-refractivity contribution in [3.8, 4) is 0 Å². The molecule has 0 aromatic heterocycles. The molecule has 1 heterocycles. The minimum absolute atomic E-state index is 0.0400. The van der Waals surface area contributed by atoms with Crippen LogP contribution in [0.4, 0.5) is 4.39 Å². The average molecular weight is 343 g/mol. The number of nitrogens with one attached hydrogen (secondary N) is 1. The molecule has 0 bridgehead atoms. The van der Waals surface area contributed by atoms with E-state index in [1.165, 1.54) is 6.07 Å². The number of rotatable bonds is 6. The molecule has 1 N–H and O–H groups in total. The van der Waals surface area contributed by atoms with Gasteiger partial charge in [-0.2, -0.15) is 0 Å². The van der Waals surface area contributed by atoms with Gasteiger partial charge >= 0.3 is 0 Å². The highest BCUT2D eigenvalue weighted by Gasteiger charge is 2.19. The van der Waals surface area contributed by atoms with Crippen LogP contribution >= 0.6 is 15.9 Å². The number of carbonyl (C=O) groups is 1. The summed E-state index contributed by atoms with van der Waals surface area (Å²) in [4.78, 5) is 13.4. The Morgan fingerprint density at radius 1 is 1.50 bits per heavy atom. The maximum Gasteiger partial charge on any atom is 0.222 e. The second-order valence-corrected chi connectivity index (χ2v) is 6.10. The fourth-order valence-electron chi connectivity index (χ4n) is 2.49. The zero-order valence-electron chi connectivity index (χ0n) is 11.7. The van der Waals surface area contributed by atoms with E-state index in [1.54, 1.807) is 12.1 Å². The standard InChI is InChI=1S/C15H20BrFN2O/c1-11(13-10-12(16)5-6-14(13)17)18-7-3-9-19-8-2-4-15(19)20/h5-6,10-11,18H,2-4,7-9H2,1H3/t11-/m0/s1. The van der Waals surface area contributed by atoms with E-state index in [2.05, 4.69) is 21.2 Å². The van der Waals surface area contributed by atoms with E-state index >= 15 is 0 Å². The van der Waals surface area contributed by atoms with Gasteiger partial charge in [0, 0.05) is 35.6 Å². The molecule has 1 amide bonds. The van der Waals surface area contributed by atoms with Gasteiger partial charge in [-0.3, -0.25) is 4.79 Å². The maximum absolute atomic E-state index is 13.7. The molecule has 0 spiro atoms. The number of halogens is 2. The first-order chi connectivity index (χ1) is 9.58. The van der Waals surface area contributed by atoms with Gasteiger partial charge in [-0.15, -0.1) is 0 Å². The smallest absolute Gasteiger partial charge is 0.222 e. The molecule has 2 rings (SSSR count). The summed E-state index contributed by atoms with van der Waals surface area (Å²) in [5.41, 5.74) is 0.664. The molecule has 1 aromatic carbocycles. The van der Waals surface area contributed by atoms with Gasteiger partial charge < -0.3 is 10.2 Å². The molecule has 1 saturated heterocycles. The highest BCUT2D eigenvalue weighted by Crippen LogP contribution is 2.21. The number of amides is 1. The van der Waals surface area contributed by atoms with Gasteiger partial charge in [-0.25, -0.2) is 4.39 Å². The fraction of sp³-hybridized carbons (Fsp3) is 0.533. The van der Waals surface area contributed by atoms with E-state index in [1.807, 2.05) is 11.8 Å². The van der Waals surface area contributed by atoms with Gasteiger partial charge in [-0.05, 0) is 44.5 Å². The summed E-state index contributed by atoms with van der Waals surface area (Å²) in [6.07, 6.45) is 2.56. The van der Waals surface area contributed by atoms with Gasteiger partial charge in [-0.1, -0.05) is 15.9 Å². The molecule has 0 aliphatic carbocycles. The van der Waals surface area contributed by atoms with Crippen LogP contribution in [-0.2, 0) is 4.79 Å². The number of likely N-dealkylation sites (tertiary alicyclic amines) is 1. The third-order valence-corrected chi connectivity index (χ3v) is 4.14. The molecule has 1 aliphatic rings. The summed E-state index contributed by atoms with van der Waals surface area (Å²) in [5.74, 6) is 0.0685. The molecule has 0 saturated carbocycles. The monoisotopic (exact) mass is 342 g/mol. The fourth-order valence-corrected chi connectivity index (χ4v) is 2.86. The van der Waals surface area contributed by atoms with E-state index in [0.717, 1.165) is 36.9 Å². The predicted octanol–water partition coefficient (Wildman–Crippen LogP) is 3.25. The first-order valence-corrected chi connectivity index (χ1v) is 7.83. The molecular formula is C15H20BrFN2O. The summed E-state index contributed by atoms with van der Waals surface area (Å²) >= 11 is 3.36. The van der Waals surface area contributed by atoms with Crippen molar-refractivity contribution in [1.29, 1.82) is 0 Å².